The highest BCUT2D eigenvalue weighted by Crippen LogP contribution is 2.40. The molecule has 32 heavy (non-hydrogen) atoms. The Morgan fingerprint density at radius 2 is 2.03 bits per heavy atom. The van der Waals surface area contributed by atoms with Gasteiger partial charge in [0, 0.05) is 36.4 Å². The van der Waals surface area contributed by atoms with Crippen LogP contribution in [0.25, 0.3) is 11.1 Å². The predicted molar refractivity (Wildman–Crippen MR) is 122 cm³/mol. The highest BCUT2D eigenvalue weighted by molar-refractivity contribution is 6.10. The van der Waals surface area contributed by atoms with Crippen molar-refractivity contribution in [2.75, 3.05) is 18.4 Å². The number of hydrogen-bond acceptors (Lipinski definition) is 7. The first-order valence-corrected chi connectivity index (χ1v) is 11.6. The number of piperidine rings is 1. The van der Waals surface area contributed by atoms with Crippen LogP contribution in [0.15, 0.2) is 23.0 Å². The number of aryl methyl sites for hydroxylation is 2. The fourth-order valence-corrected chi connectivity index (χ4v) is 4.50. The van der Waals surface area contributed by atoms with E-state index in [9.17, 15) is 4.79 Å². The Bertz CT molecular complexity index is 1140. The molecule has 2 aliphatic rings. The lowest BCUT2D eigenvalue weighted by Gasteiger charge is -2.31. The molecule has 0 aromatic carbocycles. The van der Waals surface area contributed by atoms with Crippen molar-refractivity contribution in [1.82, 2.24) is 24.8 Å². The zero-order valence-electron chi connectivity index (χ0n) is 19.0. The average molecular weight is 435 g/mol. The van der Waals surface area contributed by atoms with E-state index >= 15 is 0 Å². The summed E-state index contributed by atoms with van der Waals surface area (Å²) in [7, 11) is 0. The summed E-state index contributed by atoms with van der Waals surface area (Å²) in [6.07, 6.45) is 9.29. The number of likely N-dealkylation sites (tertiary alicyclic amines) is 1. The van der Waals surface area contributed by atoms with E-state index in [1.54, 1.807) is 0 Å². The number of fused-ring (bicyclic) bond motifs is 1. The van der Waals surface area contributed by atoms with Gasteiger partial charge in [0.1, 0.15) is 23.7 Å². The molecule has 3 aromatic heterocycles. The van der Waals surface area contributed by atoms with Crippen molar-refractivity contribution in [2.45, 2.75) is 70.8 Å². The highest BCUT2D eigenvalue weighted by Gasteiger charge is 2.39. The molecule has 1 N–H and O–H groups in total. The van der Waals surface area contributed by atoms with Crippen LogP contribution in [0.4, 0.5) is 5.82 Å². The number of aromatic nitrogens is 4. The summed E-state index contributed by atoms with van der Waals surface area (Å²) >= 11 is 0. The third-order valence-corrected chi connectivity index (χ3v) is 6.68. The lowest BCUT2D eigenvalue weighted by molar-refractivity contribution is 0.0711. The molecule has 4 heterocycles. The topological polar surface area (TPSA) is 97.0 Å². The number of nitrogens with one attached hydrogen (secondary N) is 1. The maximum atomic E-state index is 13.6. The summed E-state index contributed by atoms with van der Waals surface area (Å²) in [5, 5.41) is 4.19. The molecule has 1 aliphatic carbocycles. The first-order valence-electron chi connectivity index (χ1n) is 11.6. The Labute approximate surface area is 187 Å². The van der Waals surface area contributed by atoms with Crippen LogP contribution in [0.5, 0.6) is 0 Å². The largest absolute Gasteiger partial charge is 0.442 e. The monoisotopic (exact) mass is 434 g/mol. The van der Waals surface area contributed by atoms with Crippen molar-refractivity contribution in [3.8, 4) is 0 Å². The van der Waals surface area contributed by atoms with E-state index in [-0.39, 0.29) is 17.4 Å². The molecule has 8 nitrogen and oxygen atoms in total. The van der Waals surface area contributed by atoms with Gasteiger partial charge in [0.15, 0.2) is 0 Å². The summed E-state index contributed by atoms with van der Waals surface area (Å²) in [4.78, 5) is 33.5. The molecule has 168 valence electrons. The fraction of sp³-hybridized carbons (Fsp3) is 0.542. The maximum Gasteiger partial charge on any atom is 0.258 e. The molecular weight excluding hydrogens is 404 g/mol. The minimum atomic E-state index is -0.0147. The lowest BCUT2D eigenvalue weighted by Crippen LogP contribution is -2.38. The quantitative estimate of drug-likeness (QED) is 0.619. The zero-order chi connectivity index (χ0) is 22.3. The van der Waals surface area contributed by atoms with Gasteiger partial charge in [0.2, 0.25) is 5.71 Å². The maximum absolute atomic E-state index is 13.6. The van der Waals surface area contributed by atoms with Gasteiger partial charge in [-0.2, -0.15) is 0 Å². The van der Waals surface area contributed by atoms with Gasteiger partial charge in [-0.15, -0.1) is 0 Å². The summed E-state index contributed by atoms with van der Waals surface area (Å²) < 4.78 is 5.85. The Morgan fingerprint density at radius 1 is 1.25 bits per heavy atom. The molecule has 8 heteroatoms. The lowest BCUT2D eigenvalue weighted by atomic mass is 9.95. The number of rotatable bonds is 6. The molecule has 0 unspecified atom stereocenters. The van der Waals surface area contributed by atoms with Crippen LogP contribution in [0.2, 0.25) is 0 Å². The van der Waals surface area contributed by atoms with Gasteiger partial charge >= 0.3 is 0 Å². The first-order chi connectivity index (χ1) is 15.5. The van der Waals surface area contributed by atoms with E-state index in [2.05, 4.69) is 34.1 Å². The normalized spacial score (nSPS) is 18.2. The number of furan rings is 1. The summed E-state index contributed by atoms with van der Waals surface area (Å²) in [6, 6.07) is 1.99. The number of carbonyl (C=O) groups excluding carboxylic acids is 1. The minimum Gasteiger partial charge on any atom is -0.442 e. The average Bonchev–Trinajstić information content (AvgIpc) is 3.42. The Kier molecular flexibility index (Phi) is 5.31. The van der Waals surface area contributed by atoms with Gasteiger partial charge in [0.25, 0.3) is 5.91 Å². The highest BCUT2D eigenvalue weighted by atomic mass is 16.3. The van der Waals surface area contributed by atoms with Crippen LogP contribution in [-0.2, 0) is 6.42 Å². The van der Waals surface area contributed by atoms with Crippen LogP contribution in [0, 0.1) is 6.92 Å². The van der Waals surface area contributed by atoms with Crippen LogP contribution in [0.3, 0.4) is 0 Å². The first kappa shape index (κ1) is 20.8. The zero-order valence-corrected chi connectivity index (χ0v) is 19.0. The van der Waals surface area contributed by atoms with E-state index in [4.69, 9.17) is 9.40 Å². The van der Waals surface area contributed by atoms with Crippen molar-refractivity contribution >= 4 is 22.8 Å². The van der Waals surface area contributed by atoms with Crippen LogP contribution < -0.4 is 5.32 Å². The Balaban J connectivity index is 1.35. The van der Waals surface area contributed by atoms with Crippen molar-refractivity contribution in [1.29, 1.82) is 0 Å². The number of hydrogen-bond donors (Lipinski definition) is 1. The van der Waals surface area contributed by atoms with Gasteiger partial charge in [-0.1, -0.05) is 13.3 Å². The van der Waals surface area contributed by atoms with E-state index in [0.29, 0.717) is 41.3 Å². The smallest absolute Gasteiger partial charge is 0.258 e. The van der Waals surface area contributed by atoms with Crippen molar-refractivity contribution in [2.24, 2.45) is 0 Å². The summed E-state index contributed by atoms with van der Waals surface area (Å²) in [5.41, 5.74) is 2.17. The van der Waals surface area contributed by atoms with Gasteiger partial charge in [-0.3, -0.25) is 4.79 Å². The molecule has 3 aromatic rings. The van der Waals surface area contributed by atoms with Crippen LogP contribution >= 0.6 is 0 Å². The van der Waals surface area contributed by atoms with Crippen molar-refractivity contribution in [3.05, 3.63) is 41.4 Å². The molecule has 0 bridgehead atoms. The minimum absolute atomic E-state index is 0.0147. The molecule has 0 radical (unpaired) electrons. The SMILES string of the molecule is CCCc1ccnc(C2CCN(C(=O)c3c(C)oc4ncnc(NC5(C)CC5)c34)CC2)n1. The van der Waals surface area contributed by atoms with Crippen LogP contribution in [-0.4, -0.2) is 49.4 Å². The molecular formula is C24H30N6O2. The molecule has 5 rings (SSSR count). The fourth-order valence-electron chi connectivity index (χ4n) is 4.50. The molecule has 1 saturated heterocycles. The van der Waals surface area contributed by atoms with Crippen molar-refractivity contribution < 1.29 is 9.21 Å². The van der Waals surface area contributed by atoms with Gasteiger partial charge < -0.3 is 14.6 Å². The van der Waals surface area contributed by atoms with Crippen molar-refractivity contribution in [3.63, 3.8) is 0 Å². The third kappa shape index (κ3) is 3.94. The van der Waals surface area contributed by atoms with E-state index in [0.717, 1.165) is 50.0 Å². The van der Waals surface area contributed by atoms with Gasteiger partial charge in [-0.25, -0.2) is 19.9 Å². The Morgan fingerprint density at radius 3 is 2.75 bits per heavy atom. The molecule has 0 spiro atoms. The van der Waals surface area contributed by atoms with E-state index < -0.39 is 0 Å². The van der Waals surface area contributed by atoms with Gasteiger partial charge in [0.05, 0.1) is 10.9 Å². The molecule has 1 amide bonds. The molecule has 2 fully saturated rings. The van der Waals surface area contributed by atoms with Gasteiger partial charge in [-0.05, 0) is 52.0 Å². The number of nitrogens with zero attached hydrogens (tertiary/aromatic N) is 5. The third-order valence-electron chi connectivity index (χ3n) is 6.68. The number of carbonyl (C=O) groups is 1. The molecule has 1 aliphatic heterocycles. The second-order valence-electron chi connectivity index (χ2n) is 9.34. The summed E-state index contributed by atoms with van der Waals surface area (Å²) in [5.74, 6) is 2.46. The van der Waals surface area contributed by atoms with E-state index in [1.165, 1.54) is 6.33 Å². The second-order valence-corrected chi connectivity index (χ2v) is 9.34. The molecule has 0 atom stereocenters. The number of amides is 1. The second kappa shape index (κ2) is 8.15. The predicted octanol–water partition coefficient (Wildman–Crippen LogP) is 4.26. The molecule has 1 saturated carbocycles. The standard InChI is InChI=1S/C24H30N6O2/c1-4-5-17-6-11-25-20(28-17)16-7-12-30(13-8-16)23(31)18-15(2)32-22-19(18)21(26-14-27-22)29-24(3)9-10-24/h6,11,14,16H,4-5,7-10,12-13H2,1-3H3,(H,26,27,29). The Hall–Kier alpha value is -3.03. The number of anilines is 1. The summed E-state index contributed by atoms with van der Waals surface area (Å²) in [6.45, 7) is 7.50. The van der Waals surface area contributed by atoms with Crippen LogP contribution in [0.1, 0.15) is 79.5 Å². The van der Waals surface area contributed by atoms with E-state index in [1.807, 2.05) is 24.1 Å².